The highest BCUT2D eigenvalue weighted by Crippen LogP contribution is 2.27. The fraction of sp³-hybridized carbons (Fsp3) is 0.538. The van der Waals surface area contributed by atoms with Crippen molar-refractivity contribution in [3.8, 4) is 0 Å². The van der Waals surface area contributed by atoms with Crippen molar-refractivity contribution in [1.82, 2.24) is 4.72 Å². The second-order valence-electron chi connectivity index (χ2n) is 5.38. The van der Waals surface area contributed by atoms with E-state index in [0.717, 1.165) is 25.3 Å². The number of aryl methyl sites for hydroxylation is 1. The summed E-state index contributed by atoms with van der Waals surface area (Å²) >= 11 is 0. The van der Waals surface area contributed by atoms with Crippen LogP contribution in [0.3, 0.4) is 0 Å². The van der Waals surface area contributed by atoms with Crippen molar-refractivity contribution in [2.75, 3.05) is 5.73 Å². The zero-order valence-corrected chi connectivity index (χ0v) is 11.9. The zero-order valence-electron chi connectivity index (χ0n) is 11.1. The Bertz CT molecular complexity index is 587. The van der Waals surface area contributed by atoms with Crippen LogP contribution in [0.4, 0.5) is 10.1 Å². The molecule has 0 aromatic heterocycles. The van der Waals surface area contributed by atoms with Crippen molar-refractivity contribution in [1.29, 1.82) is 0 Å². The minimum Gasteiger partial charge on any atom is -0.398 e. The minimum atomic E-state index is -3.84. The number of rotatable bonds is 3. The van der Waals surface area contributed by atoms with Gasteiger partial charge in [0.25, 0.3) is 0 Å². The van der Waals surface area contributed by atoms with Crippen LogP contribution in [0.1, 0.15) is 31.7 Å². The number of nitrogens with one attached hydrogen (secondary N) is 1. The van der Waals surface area contributed by atoms with E-state index in [-0.39, 0.29) is 16.6 Å². The lowest BCUT2D eigenvalue weighted by atomic mass is 10.1. The van der Waals surface area contributed by atoms with Crippen LogP contribution >= 0.6 is 0 Å². The molecule has 1 aliphatic rings. The fourth-order valence-corrected chi connectivity index (χ4v) is 3.85. The van der Waals surface area contributed by atoms with E-state index in [2.05, 4.69) is 11.6 Å². The van der Waals surface area contributed by atoms with Crippen LogP contribution in [0.2, 0.25) is 0 Å². The van der Waals surface area contributed by atoms with Gasteiger partial charge in [-0.3, -0.25) is 0 Å². The summed E-state index contributed by atoms with van der Waals surface area (Å²) in [5.74, 6) is -0.258. The molecule has 4 nitrogen and oxygen atoms in total. The predicted molar refractivity (Wildman–Crippen MR) is 72.7 cm³/mol. The molecule has 1 aromatic rings. The van der Waals surface area contributed by atoms with Gasteiger partial charge < -0.3 is 5.73 Å². The molecular weight excluding hydrogens is 267 g/mol. The van der Waals surface area contributed by atoms with E-state index in [9.17, 15) is 12.8 Å². The first-order valence-corrected chi connectivity index (χ1v) is 7.86. The lowest BCUT2D eigenvalue weighted by Gasteiger charge is -2.14. The topological polar surface area (TPSA) is 72.2 Å². The van der Waals surface area contributed by atoms with Gasteiger partial charge in [0.2, 0.25) is 10.0 Å². The van der Waals surface area contributed by atoms with Crippen molar-refractivity contribution >= 4 is 15.7 Å². The molecule has 2 unspecified atom stereocenters. The van der Waals surface area contributed by atoms with Gasteiger partial charge in [-0.2, -0.15) is 0 Å². The molecule has 0 spiro atoms. The summed E-state index contributed by atoms with van der Waals surface area (Å²) in [7, 11) is -3.84. The lowest BCUT2D eigenvalue weighted by Crippen LogP contribution is -2.33. The molecular formula is C13H19FN2O2S. The first kappa shape index (κ1) is 14.3. The minimum absolute atomic E-state index is 0.109. The number of anilines is 1. The summed E-state index contributed by atoms with van der Waals surface area (Å²) in [6.45, 7) is 3.72. The van der Waals surface area contributed by atoms with E-state index in [0.29, 0.717) is 11.5 Å². The molecule has 0 radical (unpaired) electrons. The number of sulfonamides is 1. The Hall–Kier alpha value is -1.14. The fourth-order valence-electron chi connectivity index (χ4n) is 2.47. The number of benzene rings is 1. The molecule has 19 heavy (non-hydrogen) atoms. The van der Waals surface area contributed by atoms with Crippen LogP contribution < -0.4 is 10.5 Å². The second-order valence-corrected chi connectivity index (χ2v) is 7.06. The van der Waals surface area contributed by atoms with E-state index in [1.165, 1.54) is 6.07 Å². The first-order chi connectivity index (χ1) is 8.79. The number of hydrogen-bond donors (Lipinski definition) is 2. The molecule has 0 heterocycles. The van der Waals surface area contributed by atoms with Crippen LogP contribution in [0.5, 0.6) is 0 Å². The van der Waals surface area contributed by atoms with Crippen molar-refractivity contribution in [2.45, 2.75) is 44.0 Å². The van der Waals surface area contributed by atoms with Crippen molar-refractivity contribution in [3.63, 3.8) is 0 Å². The standard InChI is InChI=1S/C13H19FN2O2S/c1-8-3-4-10(5-8)16-19(17,18)13-7-12(15)9(2)6-11(13)14/h6-8,10,16H,3-5,15H2,1-2H3. The Morgan fingerprint density at radius 1 is 1.37 bits per heavy atom. The highest BCUT2D eigenvalue weighted by atomic mass is 32.2. The summed E-state index contributed by atoms with van der Waals surface area (Å²) in [4.78, 5) is -0.366. The molecule has 1 aromatic carbocycles. The van der Waals surface area contributed by atoms with Crippen LogP contribution in [-0.4, -0.2) is 14.5 Å². The summed E-state index contributed by atoms with van der Waals surface area (Å²) < 4.78 is 40.7. The quantitative estimate of drug-likeness (QED) is 0.837. The first-order valence-electron chi connectivity index (χ1n) is 6.37. The summed E-state index contributed by atoms with van der Waals surface area (Å²) in [6, 6.07) is 2.23. The molecule has 1 saturated carbocycles. The largest absolute Gasteiger partial charge is 0.398 e. The maximum Gasteiger partial charge on any atom is 0.243 e. The van der Waals surface area contributed by atoms with Crippen LogP contribution in [0.15, 0.2) is 17.0 Å². The molecule has 1 fully saturated rings. The van der Waals surface area contributed by atoms with Crippen LogP contribution in [-0.2, 0) is 10.0 Å². The van der Waals surface area contributed by atoms with Gasteiger partial charge in [0, 0.05) is 11.7 Å². The maximum atomic E-state index is 13.8. The van der Waals surface area contributed by atoms with E-state index < -0.39 is 15.8 Å². The third kappa shape index (κ3) is 3.06. The molecule has 6 heteroatoms. The van der Waals surface area contributed by atoms with Crippen LogP contribution in [0, 0.1) is 18.7 Å². The van der Waals surface area contributed by atoms with E-state index in [1.807, 2.05) is 0 Å². The smallest absolute Gasteiger partial charge is 0.243 e. The molecule has 1 aliphatic carbocycles. The Kier molecular flexibility index (Phi) is 3.82. The predicted octanol–water partition coefficient (Wildman–Crippen LogP) is 2.18. The maximum absolute atomic E-state index is 13.8. The monoisotopic (exact) mass is 286 g/mol. The molecule has 2 rings (SSSR count). The molecule has 0 aliphatic heterocycles. The molecule has 2 atom stereocenters. The van der Waals surface area contributed by atoms with Crippen molar-refractivity contribution < 1.29 is 12.8 Å². The normalized spacial score (nSPS) is 23.7. The number of halogens is 1. The van der Waals surface area contributed by atoms with Gasteiger partial charge in [-0.25, -0.2) is 17.5 Å². The molecule has 0 amide bonds. The third-order valence-corrected chi connectivity index (χ3v) is 5.16. The van der Waals surface area contributed by atoms with E-state index in [4.69, 9.17) is 5.73 Å². The number of nitrogen functional groups attached to an aromatic ring is 1. The van der Waals surface area contributed by atoms with Gasteiger partial charge in [-0.05, 0) is 49.8 Å². The van der Waals surface area contributed by atoms with Gasteiger partial charge in [0.15, 0.2) is 0 Å². The molecule has 0 bridgehead atoms. The average Bonchev–Trinajstić information content (AvgIpc) is 2.68. The van der Waals surface area contributed by atoms with Gasteiger partial charge in [-0.1, -0.05) is 6.92 Å². The summed E-state index contributed by atoms with van der Waals surface area (Å²) in [5.41, 5.74) is 6.47. The Morgan fingerprint density at radius 3 is 2.63 bits per heavy atom. The third-order valence-electron chi connectivity index (χ3n) is 3.63. The molecule has 106 valence electrons. The van der Waals surface area contributed by atoms with Gasteiger partial charge >= 0.3 is 0 Å². The Morgan fingerprint density at radius 2 is 2.05 bits per heavy atom. The molecule has 3 N–H and O–H groups in total. The Balaban J connectivity index is 2.27. The van der Waals surface area contributed by atoms with Gasteiger partial charge in [0.1, 0.15) is 10.7 Å². The SMILES string of the molecule is Cc1cc(F)c(S(=O)(=O)NC2CCC(C)C2)cc1N. The second kappa shape index (κ2) is 5.09. The molecule has 0 saturated heterocycles. The highest BCUT2D eigenvalue weighted by molar-refractivity contribution is 7.89. The van der Waals surface area contributed by atoms with E-state index in [1.54, 1.807) is 6.92 Å². The van der Waals surface area contributed by atoms with Gasteiger partial charge in [0.05, 0.1) is 0 Å². The summed E-state index contributed by atoms with van der Waals surface area (Å²) in [5, 5.41) is 0. The zero-order chi connectivity index (χ0) is 14.2. The highest BCUT2D eigenvalue weighted by Gasteiger charge is 2.28. The number of hydrogen-bond acceptors (Lipinski definition) is 3. The average molecular weight is 286 g/mol. The van der Waals surface area contributed by atoms with Crippen LogP contribution in [0.25, 0.3) is 0 Å². The number of nitrogens with two attached hydrogens (primary N) is 1. The van der Waals surface area contributed by atoms with Crippen molar-refractivity contribution in [3.05, 3.63) is 23.5 Å². The van der Waals surface area contributed by atoms with Gasteiger partial charge in [-0.15, -0.1) is 0 Å². The lowest BCUT2D eigenvalue weighted by molar-refractivity contribution is 0.527. The summed E-state index contributed by atoms with van der Waals surface area (Å²) in [6.07, 6.45) is 2.58. The Labute approximate surface area is 113 Å². The van der Waals surface area contributed by atoms with E-state index >= 15 is 0 Å². The van der Waals surface area contributed by atoms with Crippen molar-refractivity contribution in [2.24, 2.45) is 5.92 Å².